The maximum atomic E-state index is 12.1. The zero-order valence-electron chi connectivity index (χ0n) is 17.5. The van der Waals surface area contributed by atoms with Crippen molar-refractivity contribution in [3.63, 3.8) is 0 Å². The standard InChI is InChI=1S/C22H32N4O3/c1-4-25-8-7-21(27)20(25)12-26-18-6-5-14(23)9-16(18)17-10-15(11-19(17)26)24-22(28)29-13(2)3/h5-6,9,13,15,20-21,27H,4,7-8,10-12,23H2,1-3H3,(H,24,28)/t15-,20+,21-/m0/s1. The van der Waals surface area contributed by atoms with E-state index in [0.29, 0.717) is 0 Å². The molecule has 1 aliphatic carbocycles. The summed E-state index contributed by atoms with van der Waals surface area (Å²) in [6.45, 7) is 8.44. The number of likely N-dealkylation sites (N-methyl/N-ethyl adjacent to an activating group) is 1. The molecule has 1 saturated heterocycles. The third-order valence-electron chi connectivity index (χ3n) is 6.27. The van der Waals surface area contributed by atoms with Gasteiger partial charge in [-0.1, -0.05) is 6.92 Å². The number of aliphatic hydroxyl groups is 1. The van der Waals surface area contributed by atoms with Gasteiger partial charge in [-0.25, -0.2) is 4.79 Å². The zero-order valence-corrected chi connectivity index (χ0v) is 17.5. The highest BCUT2D eigenvalue weighted by Gasteiger charge is 2.35. The molecule has 7 nitrogen and oxygen atoms in total. The molecule has 3 atom stereocenters. The maximum Gasteiger partial charge on any atom is 0.407 e. The lowest BCUT2D eigenvalue weighted by atomic mass is 10.1. The fourth-order valence-electron chi connectivity index (χ4n) is 4.95. The van der Waals surface area contributed by atoms with E-state index in [-0.39, 0.29) is 30.4 Å². The number of benzene rings is 1. The molecule has 4 N–H and O–H groups in total. The van der Waals surface area contributed by atoms with Crippen LogP contribution >= 0.6 is 0 Å². The highest BCUT2D eigenvalue weighted by molar-refractivity contribution is 5.89. The Labute approximate surface area is 171 Å². The van der Waals surface area contributed by atoms with Crippen LogP contribution in [0.15, 0.2) is 18.2 Å². The number of carbonyl (C=O) groups is 1. The number of aliphatic hydroxyl groups excluding tert-OH is 1. The average molecular weight is 401 g/mol. The lowest BCUT2D eigenvalue weighted by molar-refractivity contribution is 0.107. The minimum atomic E-state index is -0.367. The van der Waals surface area contributed by atoms with E-state index in [0.717, 1.165) is 55.5 Å². The predicted octanol–water partition coefficient (Wildman–Crippen LogP) is 2.28. The van der Waals surface area contributed by atoms with Gasteiger partial charge in [0.05, 0.1) is 18.2 Å². The van der Waals surface area contributed by atoms with Gasteiger partial charge in [0.1, 0.15) is 0 Å². The Kier molecular flexibility index (Phi) is 5.44. The summed E-state index contributed by atoms with van der Waals surface area (Å²) in [5.74, 6) is 0. The van der Waals surface area contributed by atoms with Gasteiger partial charge in [0.25, 0.3) is 0 Å². The molecule has 158 valence electrons. The number of amides is 1. The lowest BCUT2D eigenvalue weighted by Gasteiger charge is -2.26. The number of alkyl carbamates (subject to hydrolysis) is 1. The molecule has 1 aromatic carbocycles. The Hall–Kier alpha value is -2.25. The number of likely N-dealkylation sites (tertiary alicyclic amines) is 1. The third-order valence-corrected chi connectivity index (χ3v) is 6.27. The summed E-state index contributed by atoms with van der Waals surface area (Å²) in [7, 11) is 0. The summed E-state index contributed by atoms with van der Waals surface area (Å²) in [6, 6.07) is 6.17. The Morgan fingerprint density at radius 2 is 2.17 bits per heavy atom. The number of nitrogen functional groups attached to an aromatic ring is 1. The van der Waals surface area contributed by atoms with E-state index >= 15 is 0 Å². The SMILES string of the molecule is CCN1CC[C@H](O)[C@H]1Cn1c2c(c3cc(N)ccc31)C[C@H](NC(=O)OC(C)C)C2. The van der Waals surface area contributed by atoms with Gasteiger partial charge in [0.2, 0.25) is 0 Å². The van der Waals surface area contributed by atoms with Gasteiger partial charge in [-0.15, -0.1) is 0 Å². The molecule has 4 rings (SSSR count). The van der Waals surface area contributed by atoms with Gasteiger partial charge in [-0.05, 0) is 57.0 Å². The maximum absolute atomic E-state index is 12.1. The van der Waals surface area contributed by atoms with E-state index in [2.05, 4.69) is 27.8 Å². The van der Waals surface area contributed by atoms with Crippen molar-refractivity contribution in [2.45, 2.75) is 70.9 Å². The van der Waals surface area contributed by atoms with Crippen molar-refractivity contribution in [3.05, 3.63) is 29.5 Å². The number of ether oxygens (including phenoxy) is 1. The molecule has 0 bridgehead atoms. The Morgan fingerprint density at radius 1 is 1.38 bits per heavy atom. The zero-order chi connectivity index (χ0) is 20.7. The van der Waals surface area contributed by atoms with E-state index in [1.807, 2.05) is 26.0 Å². The molecule has 29 heavy (non-hydrogen) atoms. The Balaban J connectivity index is 1.64. The monoisotopic (exact) mass is 400 g/mol. The van der Waals surface area contributed by atoms with Crippen molar-refractivity contribution in [2.24, 2.45) is 0 Å². The number of hydrogen-bond donors (Lipinski definition) is 3. The van der Waals surface area contributed by atoms with Crippen LogP contribution < -0.4 is 11.1 Å². The van der Waals surface area contributed by atoms with Crippen LogP contribution in [0.4, 0.5) is 10.5 Å². The van der Waals surface area contributed by atoms with Gasteiger partial charge in [-0.2, -0.15) is 0 Å². The summed E-state index contributed by atoms with van der Waals surface area (Å²) >= 11 is 0. The van der Waals surface area contributed by atoms with Crippen molar-refractivity contribution >= 4 is 22.7 Å². The third kappa shape index (κ3) is 3.81. The quantitative estimate of drug-likeness (QED) is 0.670. The van der Waals surface area contributed by atoms with Crippen LogP contribution in [0, 0.1) is 0 Å². The molecule has 1 amide bonds. The molecule has 1 aromatic heterocycles. The second kappa shape index (κ2) is 7.88. The van der Waals surface area contributed by atoms with Crippen LogP contribution in [-0.2, 0) is 24.1 Å². The summed E-state index contributed by atoms with van der Waals surface area (Å²) in [5, 5.41) is 14.7. The molecule has 1 fully saturated rings. The van der Waals surface area contributed by atoms with Gasteiger partial charge < -0.3 is 25.5 Å². The first-order chi connectivity index (χ1) is 13.9. The van der Waals surface area contributed by atoms with E-state index in [1.54, 1.807) is 0 Å². The van der Waals surface area contributed by atoms with Crippen molar-refractivity contribution in [2.75, 3.05) is 18.8 Å². The Bertz CT molecular complexity index is 907. The molecule has 2 aliphatic rings. The van der Waals surface area contributed by atoms with Crippen LogP contribution in [0.1, 0.15) is 38.4 Å². The molecular weight excluding hydrogens is 368 g/mol. The van der Waals surface area contributed by atoms with Gasteiger partial charge in [0.15, 0.2) is 0 Å². The molecule has 1 aliphatic heterocycles. The molecular formula is C22H32N4O3. The summed E-state index contributed by atoms with van der Waals surface area (Å²) in [4.78, 5) is 14.4. The number of fused-ring (bicyclic) bond motifs is 3. The van der Waals surface area contributed by atoms with Crippen molar-refractivity contribution in [1.29, 1.82) is 0 Å². The van der Waals surface area contributed by atoms with Crippen LogP contribution in [0.5, 0.6) is 0 Å². The molecule has 2 aromatic rings. The number of nitrogens with two attached hydrogens (primary N) is 1. The van der Waals surface area contributed by atoms with Crippen LogP contribution in [0.2, 0.25) is 0 Å². The van der Waals surface area contributed by atoms with Gasteiger partial charge in [-0.3, -0.25) is 4.90 Å². The number of nitrogens with zero attached hydrogens (tertiary/aromatic N) is 2. The number of anilines is 1. The van der Waals surface area contributed by atoms with Crippen molar-refractivity contribution in [1.82, 2.24) is 14.8 Å². The second-order valence-electron chi connectivity index (χ2n) is 8.57. The molecule has 0 unspecified atom stereocenters. The number of carbonyl (C=O) groups excluding carboxylic acids is 1. The molecule has 0 saturated carbocycles. The van der Waals surface area contributed by atoms with Gasteiger partial charge in [0, 0.05) is 47.8 Å². The van der Waals surface area contributed by atoms with Crippen molar-refractivity contribution < 1.29 is 14.6 Å². The first kappa shape index (κ1) is 20.0. The average Bonchev–Trinajstić information content (AvgIpc) is 3.29. The van der Waals surface area contributed by atoms with Crippen LogP contribution in [-0.4, -0.2) is 58.0 Å². The molecule has 7 heteroatoms. The van der Waals surface area contributed by atoms with E-state index < -0.39 is 0 Å². The molecule has 0 spiro atoms. The highest BCUT2D eigenvalue weighted by Crippen LogP contribution is 2.35. The van der Waals surface area contributed by atoms with Gasteiger partial charge >= 0.3 is 6.09 Å². The summed E-state index contributed by atoms with van der Waals surface area (Å²) in [5.41, 5.74) is 10.5. The predicted molar refractivity (Wildman–Crippen MR) is 114 cm³/mol. The largest absolute Gasteiger partial charge is 0.447 e. The first-order valence-corrected chi connectivity index (χ1v) is 10.7. The highest BCUT2D eigenvalue weighted by atomic mass is 16.6. The van der Waals surface area contributed by atoms with E-state index in [4.69, 9.17) is 10.5 Å². The number of hydrogen-bond acceptors (Lipinski definition) is 5. The summed E-state index contributed by atoms with van der Waals surface area (Å²) < 4.78 is 7.59. The fourth-order valence-corrected chi connectivity index (χ4v) is 4.95. The lowest BCUT2D eigenvalue weighted by Crippen LogP contribution is -2.39. The minimum absolute atomic E-state index is 0.0131. The second-order valence-corrected chi connectivity index (χ2v) is 8.57. The van der Waals surface area contributed by atoms with Crippen LogP contribution in [0.3, 0.4) is 0 Å². The van der Waals surface area contributed by atoms with E-state index in [1.165, 1.54) is 11.3 Å². The summed E-state index contributed by atoms with van der Waals surface area (Å²) in [6.07, 6.45) is 1.52. The van der Waals surface area contributed by atoms with Crippen molar-refractivity contribution in [3.8, 4) is 0 Å². The molecule has 0 radical (unpaired) electrons. The number of aromatic nitrogens is 1. The first-order valence-electron chi connectivity index (χ1n) is 10.7. The minimum Gasteiger partial charge on any atom is -0.447 e. The fraction of sp³-hybridized carbons (Fsp3) is 0.591. The smallest absolute Gasteiger partial charge is 0.407 e. The number of rotatable bonds is 5. The van der Waals surface area contributed by atoms with E-state index in [9.17, 15) is 9.90 Å². The topological polar surface area (TPSA) is 92.8 Å². The molecule has 2 heterocycles. The number of nitrogens with one attached hydrogen (secondary N) is 1. The Morgan fingerprint density at radius 3 is 2.90 bits per heavy atom. The normalized spacial score (nSPS) is 24.4. The van der Waals surface area contributed by atoms with Crippen LogP contribution in [0.25, 0.3) is 10.9 Å².